The van der Waals surface area contributed by atoms with E-state index in [1.165, 1.54) is 12.0 Å². The van der Waals surface area contributed by atoms with Crippen molar-refractivity contribution in [3.8, 4) is 11.4 Å². The highest BCUT2D eigenvalue weighted by Gasteiger charge is 2.33. The Morgan fingerprint density at radius 3 is 2.65 bits per heavy atom. The first kappa shape index (κ1) is 15.1. The summed E-state index contributed by atoms with van der Waals surface area (Å²) in [6, 6.07) is 9.40. The molecule has 1 aromatic carbocycles. The number of hydrogen-bond acceptors (Lipinski definition) is 4. The van der Waals surface area contributed by atoms with Gasteiger partial charge >= 0.3 is 5.97 Å². The summed E-state index contributed by atoms with van der Waals surface area (Å²) in [5, 5.41) is 13.4. The number of nitrogens with zero attached hydrogens (tertiary/aromatic N) is 3. The van der Waals surface area contributed by atoms with Gasteiger partial charge in [-0.1, -0.05) is 18.2 Å². The van der Waals surface area contributed by atoms with Gasteiger partial charge in [0.2, 0.25) is 0 Å². The van der Waals surface area contributed by atoms with Gasteiger partial charge in [0.15, 0.2) is 11.4 Å². The number of ether oxygens (including phenoxy) is 1. The molecule has 2 aromatic rings. The Bertz CT molecular complexity index is 726. The van der Waals surface area contributed by atoms with Crippen LogP contribution < -0.4 is 4.74 Å². The number of amides is 1. The molecule has 2 heterocycles. The number of hydrogen-bond donors (Lipinski definition) is 1. The van der Waals surface area contributed by atoms with Gasteiger partial charge in [-0.25, -0.2) is 4.68 Å². The zero-order valence-corrected chi connectivity index (χ0v) is 12.7. The van der Waals surface area contributed by atoms with Crippen LogP contribution in [0.25, 0.3) is 5.69 Å². The Hall–Kier alpha value is -2.83. The lowest BCUT2D eigenvalue weighted by atomic mass is 10.1. The first-order valence-corrected chi connectivity index (χ1v) is 7.31. The van der Waals surface area contributed by atoms with Crippen LogP contribution >= 0.6 is 0 Å². The quantitative estimate of drug-likeness (QED) is 0.922. The fourth-order valence-corrected chi connectivity index (χ4v) is 2.66. The van der Waals surface area contributed by atoms with Gasteiger partial charge in [-0.05, 0) is 18.6 Å². The minimum atomic E-state index is -0.873. The standard InChI is InChI=1S/C16H17N3O4/c1-23-13-10-19(12-5-3-2-4-6-12)17-14(13)15(20)18-8-7-11(9-18)16(21)22/h2-6,10-11H,7-9H2,1H3,(H,21,22). The van der Waals surface area contributed by atoms with Gasteiger partial charge in [-0.2, -0.15) is 5.10 Å². The van der Waals surface area contributed by atoms with E-state index >= 15 is 0 Å². The number of para-hydroxylation sites is 1. The van der Waals surface area contributed by atoms with Crippen LogP contribution in [0.2, 0.25) is 0 Å². The molecule has 1 aromatic heterocycles. The van der Waals surface area contributed by atoms with Crippen LogP contribution in [0.4, 0.5) is 0 Å². The predicted molar refractivity (Wildman–Crippen MR) is 81.8 cm³/mol. The van der Waals surface area contributed by atoms with Gasteiger partial charge in [-0.3, -0.25) is 9.59 Å². The Morgan fingerprint density at radius 1 is 1.30 bits per heavy atom. The average Bonchev–Trinajstić information content (AvgIpc) is 3.22. The van der Waals surface area contributed by atoms with Crippen LogP contribution in [0.3, 0.4) is 0 Å². The van der Waals surface area contributed by atoms with E-state index in [4.69, 9.17) is 9.84 Å². The molecule has 0 radical (unpaired) electrons. The molecule has 0 aliphatic carbocycles. The van der Waals surface area contributed by atoms with Crippen molar-refractivity contribution in [2.45, 2.75) is 6.42 Å². The largest absolute Gasteiger partial charge is 0.493 e. The van der Waals surface area contributed by atoms with Crippen LogP contribution in [0, 0.1) is 5.92 Å². The molecule has 0 spiro atoms. The Morgan fingerprint density at radius 2 is 2.04 bits per heavy atom. The van der Waals surface area contributed by atoms with Gasteiger partial charge in [0.1, 0.15) is 0 Å². The second-order valence-corrected chi connectivity index (χ2v) is 5.40. The molecule has 0 bridgehead atoms. The van der Waals surface area contributed by atoms with E-state index in [0.29, 0.717) is 18.7 Å². The van der Waals surface area contributed by atoms with Crippen molar-refractivity contribution in [2.24, 2.45) is 5.92 Å². The molecule has 1 N–H and O–H groups in total. The van der Waals surface area contributed by atoms with Gasteiger partial charge in [0.05, 0.1) is 24.9 Å². The minimum Gasteiger partial charge on any atom is -0.493 e. The maximum absolute atomic E-state index is 12.6. The average molecular weight is 315 g/mol. The van der Waals surface area contributed by atoms with Crippen LogP contribution in [-0.2, 0) is 4.79 Å². The number of likely N-dealkylation sites (tertiary alicyclic amines) is 1. The third-order valence-electron chi connectivity index (χ3n) is 3.95. The van der Waals surface area contributed by atoms with Crippen molar-refractivity contribution in [3.63, 3.8) is 0 Å². The van der Waals surface area contributed by atoms with E-state index in [0.717, 1.165) is 5.69 Å². The number of benzene rings is 1. The summed E-state index contributed by atoms with van der Waals surface area (Å²) < 4.78 is 6.84. The Kier molecular flexibility index (Phi) is 4.01. The normalized spacial score (nSPS) is 17.3. The molecule has 120 valence electrons. The van der Waals surface area contributed by atoms with Crippen molar-refractivity contribution in [2.75, 3.05) is 20.2 Å². The van der Waals surface area contributed by atoms with E-state index in [1.807, 2.05) is 30.3 Å². The molecular weight excluding hydrogens is 298 g/mol. The van der Waals surface area contributed by atoms with Gasteiger partial charge in [0, 0.05) is 13.1 Å². The second-order valence-electron chi connectivity index (χ2n) is 5.40. The molecule has 1 aliphatic rings. The number of carbonyl (C=O) groups is 2. The van der Waals surface area contributed by atoms with E-state index in [1.54, 1.807) is 10.9 Å². The number of carboxylic acids is 1. The molecule has 1 saturated heterocycles. The molecule has 1 unspecified atom stereocenters. The summed E-state index contributed by atoms with van der Waals surface area (Å²) in [5.41, 5.74) is 1.01. The highest BCUT2D eigenvalue weighted by molar-refractivity contribution is 5.95. The van der Waals surface area contributed by atoms with Gasteiger partial charge in [-0.15, -0.1) is 0 Å². The van der Waals surface area contributed by atoms with Gasteiger partial charge < -0.3 is 14.7 Å². The number of rotatable bonds is 4. The maximum atomic E-state index is 12.6. The van der Waals surface area contributed by atoms with E-state index < -0.39 is 11.9 Å². The summed E-state index contributed by atoms with van der Waals surface area (Å²) in [6.45, 7) is 0.618. The lowest BCUT2D eigenvalue weighted by Crippen LogP contribution is -2.30. The van der Waals surface area contributed by atoms with Crippen molar-refractivity contribution in [3.05, 3.63) is 42.2 Å². The monoisotopic (exact) mass is 315 g/mol. The molecular formula is C16H17N3O4. The van der Waals surface area contributed by atoms with E-state index in [9.17, 15) is 9.59 Å². The molecule has 23 heavy (non-hydrogen) atoms. The number of methoxy groups -OCH3 is 1. The topological polar surface area (TPSA) is 84.7 Å². The SMILES string of the molecule is COc1cn(-c2ccccc2)nc1C(=O)N1CCC(C(=O)O)C1. The summed E-state index contributed by atoms with van der Waals surface area (Å²) >= 11 is 0. The lowest BCUT2D eigenvalue weighted by molar-refractivity contribution is -0.141. The second kappa shape index (κ2) is 6.12. The molecule has 7 heteroatoms. The lowest BCUT2D eigenvalue weighted by Gasteiger charge is -2.14. The first-order valence-electron chi connectivity index (χ1n) is 7.31. The predicted octanol–water partition coefficient (Wildman–Crippen LogP) is 1.43. The molecule has 1 aliphatic heterocycles. The minimum absolute atomic E-state index is 0.197. The molecule has 1 atom stereocenters. The number of aromatic nitrogens is 2. The number of carbonyl (C=O) groups excluding carboxylic acids is 1. The van der Waals surface area contributed by atoms with Crippen LogP contribution in [-0.4, -0.2) is 51.9 Å². The summed E-state index contributed by atoms with van der Waals surface area (Å²) in [6.07, 6.45) is 2.11. The fraction of sp³-hybridized carbons (Fsp3) is 0.312. The van der Waals surface area contributed by atoms with Crippen molar-refractivity contribution in [1.82, 2.24) is 14.7 Å². The smallest absolute Gasteiger partial charge is 0.308 e. The summed E-state index contributed by atoms with van der Waals surface area (Å²) in [5.74, 6) is -1.32. The van der Waals surface area contributed by atoms with Crippen molar-refractivity contribution >= 4 is 11.9 Å². The maximum Gasteiger partial charge on any atom is 0.308 e. The number of aliphatic carboxylic acids is 1. The van der Waals surface area contributed by atoms with Crippen LogP contribution in [0.1, 0.15) is 16.9 Å². The zero-order chi connectivity index (χ0) is 16.4. The molecule has 1 fully saturated rings. The van der Waals surface area contributed by atoms with Gasteiger partial charge in [0.25, 0.3) is 5.91 Å². The van der Waals surface area contributed by atoms with Crippen molar-refractivity contribution < 1.29 is 19.4 Å². The molecule has 0 saturated carbocycles. The third-order valence-corrected chi connectivity index (χ3v) is 3.95. The first-order chi connectivity index (χ1) is 11.1. The Balaban J connectivity index is 1.86. The molecule has 1 amide bonds. The van der Waals surface area contributed by atoms with Crippen LogP contribution in [0.5, 0.6) is 5.75 Å². The third kappa shape index (κ3) is 2.90. The summed E-state index contributed by atoms with van der Waals surface area (Å²) in [7, 11) is 1.48. The fourth-order valence-electron chi connectivity index (χ4n) is 2.66. The highest BCUT2D eigenvalue weighted by atomic mass is 16.5. The van der Waals surface area contributed by atoms with Crippen LogP contribution in [0.15, 0.2) is 36.5 Å². The summed E-state index contributed by atoms with van der Waals surface area (Å²) in [4.78, 5) is 25.2. The van der Waals surface area contributed by atoms with E-state index in [-0.39, 0.29) is 18.1 Å². The zero-order valence-electron chi connectivity index (χ0n) is 12.7. The Labute approximate surface area is 133 Å². The highest BCUT2D eigenvalue weighted by Crippen LogP contribution is 2.24. The van der Waals surface area contributed by atoms with E-state index in [2.05, 4.69) is 5.10 Å². The molecule has 7 nitrogen and oxygen atoms in total. The molecule has 3 rings (SSSR count). The van der Waals surface area contributed by atoms with Crippen molar-refractivity contribution in [1.29, 1.82) is 0 Å². The number of carboxylic acid groups (broad SMARTS) is 1.